The van der Waals surface area contributed by atoms with Gasteiger partial charge in [0.05, 0.1) is 0 Å². The van der Waals surface area contributed by atoms with Crippen molar-refractivity contribution in [3.8, 4) is 0 Å². The average Bonchev–Trinajstić information content (AvgIpc) is 2.30. The van der Waals surface area contributed by atoms with Crippen molar-refractivity contribution in [3.63, 3.8) is 0 Å². The first-order valence-corrected chi connectivity index (χ1v) is 4.38. The van der Waals surface area contributed by atoms with Crippen LogP contribution in [0.1, 0.15) is 27.2 Å². The van der Waals surface area contributed by atoms with E-state index in [2.05, 4.69) is 0 Å². The van der Waals surface area contributed by atoms with Crippen LogP contribution in [0, 0.1) is 5.41 Å². The number of carbonyl (C=O) groups is 2. The minimum atomic E-state index is -0.980. The monoisotopic (exact) mass is 185 g/mol. The third kappa shape index (κ3) is 1.88. The number of aliphatic hydroxyl groups excluding tert-OH is 1. The predicted octanol–water partition coefficient (Wildman–Crippen LogP) is 0.152. The summed E-state index contributed by atoms with van der Waals surface area (Å²) in [6.07, 6.45) is -0.619. The summed E-state index contributed by atoms with van der Waals surface area (Å²) in [6.45, 7) is 5.62. The Morgan fingerprint density at radius 1 is 1.54 bits per heavy atom. The number of imide groups is 1. The second kappa shape index (κ2) is 3.10. The molecule has 1 saturated heterocycles. The molecule has 0 saturated carbocycles. The van der Waals surface area contributed by atoms with Crippen molar-refractivity contribution in [1.82, 2.24) is 4.90 Å². The fourth-order valence-corrected chi connectivity index (χ4v) is 1.27. The van der Waals surface area contributed by atoms with Gasteiger partial charge in [-0.3, -0.25) is 14.5 Å². The van der Waals surface area contributed by atoms with E-state index < -0.39 is 17.4 Å². The van der Waals surface area contributed by atoms with Gasteiger partial charge in [0.15, 0.2) is 0 Å². The molecule has 13 heavy (non-hydrogen) atoms. The van der Waals surface area contributed by atoms with Crippen LogP contribution in [0.25, 0.3) is 0 Å². The van der Waals surface area contributed by atoms with Crippen molar-refractivity contribution in [2.45, 2.75) is 33.3 Å². The summed E-state index contributed by atoms with van der Waals surface area (Å²) in [6, 6.07) is 0. The second-order valence-corrected chi connectivity index (χ2v) is 4.35. The Bertz CT molecular complexity index is 242. The molecule has 1 fully saturated rings. The van der Waals surface area contributed by atoms with Gasteiger partial charge >= 0.3 is 0 Å². The van der Waals surface area contributed by atoms with Crippen LogP contribution in [0.2, 0.25) is 0 Å². The molecule has 1 aliphatic rings. The van der Waals surface area contributed by atoms with Crippen molar-refractivity contribution in [1.29, 1.82) is 0 Å². The molecule has 1 heterocycles. The number of aliphatic hydroxyl groups is 1. The quantitative estimate of drug-likeness (QED) is 0.584. The minimum Gasteiger partial charge on any atom is -0.383 e. The lowest BCUT2D eigenvalue weighted by Gasteiger charge is -2.23. The zero-order valence-electron chi connectivity index (χ0n) is 8.20. The minimum absolute atomic E-state index is 0.214. The molecule has 1 N–H and O–H groups in total. The molecule has 1 rings (SSSR count). The molecule has 0 bridgehead atoms. The van der Waals surface area contributed by atoms with Gasteiger partial charge in [-0.25, -0.2) is 0 Å². The summed E-state index contributed by atoms with van der Waals surface area (Å²) < 4.78 is 0. The fourth-order valence-electron chi connectivity index (χ4n) is 1.27. The van der Waals surface area contributed by atoms with E-state index in [0.717, 1.165) is 4.90 Å². The van der Waals surface area contributed by atoms with Crippen LogP contribution in [0.15, 0.2) is 0 Å². The van der Waals surface area contributed by atoms with Gasteiger partial charge in [-0.15, -0.1) is 0 Å². The lowest BCUT2D eigenvalue weighted by molar-refractivity contribution is -0.150. The predicted molar refractivity (Wildman–Crippen MR) is 46.8 cm³/mol. The first-order chi connectivity index (χ1) is 5.84. The first-order valence-electron chi connectivity index (χ1n) is 4.38. The van der Waals surface area contributed by atoms with Crippen molar-refractivity contribution in [2.24, 2.45) is 5.41 Å². The van der Waals surface area contributed by atoms with E-state index in [1.807, 2.05) is 0 Å². The number of hydrogen-bond donors (Lipinski definition) is 1. The molecule has 0 aliphatic carbocycles. The van der Waals surface area contributed by atoms with Gasteiger partial charge in [-0.05, 0) is 0 Å². The number of likely N-dealkylation sites (tertiary alicyclic amines) is 1. The van der Waals surface area contributed by atoms with Crippen molar-refractivity contribution in [2.75, 3.05) is 6.54 Å². The number of nitrogens with zero attached hydrogens (tertiary/aromatic N) is 1. The van der Waals surface area contributed by atoms with E-state index in [1.54, 1.807) is 20.8 Å². The topological polar surface area (TPSA) is 57.6 Å². The summed E-state index contributed by atoms with van der Waals surface area (Å²) in [7, 11) is 0. The Hall–Kier alpha value is -0.900. The standard InChI is InChI=1S/C9H15NO3/c1-9(2,3)8(13)10-5-4-6(11)7(10)12/h6,11H,4-5H2,1-3H3. The number of rotatable bonds is 0. The Kier molecular flexibility index (Phi) is 2.43. The highest BCUT2D eigenvalue weighted by Gasteiger charge is 2.38. The van der Waals surface area contributed by atoms with E-state index in [0.29, 0.717) is 13.0 Å². The first kappa shape index (κ1) is 10.2. The van der Waals surface area contributed by atoms with Gasteiger partial charge in [0, 0.05) is 18.4 Å². The van der Waals surface area contributed by atoms with Crippen molar-refractivity contribution < 1.29 is 14.7 Å². The van der Waals surface area contributed by atoms with Crippen molar-refractivity contribution in [3.05, 3.63) is 0 Å². The molecule has 0 aromatic heterocycles. The van der Waals surface area contributed by atoms with Crippen LogP contribution in [-0.4, -0.2) is 34.5 Å². The molecule has 4 heteroatoms. The summed E-state index contributed by atoms with van der Waals surface area (Å²) >= 11 is 0. The lowest BCUT2D eigenvalue weighted by Crippen LogP contribution is -2.41. The zero-order valence-corrected chi connectivity index (χ0v) is 8.20. The molecule has 2 amide bonds. The molecule has 1 atom stereocenters. The van der Waals surface area contributed by atoms with Crippen LogP contribution >= 0.6 is 0 Å². The molecule has 0 radical (unpaired) electrons. The molecule has 0 spiro atoms. The Morgan fingerprint density at radius 3 is 2.38 bits per heavy atom. The number of carbonyl (C=O) groups excluding carboxylic acids is 2. The molecular formula is C9H15NO3. The molecule has 0 aromatic carbocycles. The molecular weight excluding hydrogens is 170 g/mol. The maximum Gasteiger partial charge on any atom is 0.258 e. The van der Waals surface area contributed by atoms with Gasteiger partial charge < -0.3 is 5.11 Å². The highest BCUT2D eigenvalue weighted by Crippen LogP contribution is 2.21. The highest BCUT2D eigenvalue weighted by molar-refractivity contribution is 6.00. The summed E-state index contributed by atoms with van der Waals surface area (Å²) in [5.41, 5.74) is -0.556. The SMILES string of the molecule is CC(C)(C)C(=O)N1CCC(O)C1=O. The van der Waals surface area contributed by atoms with Crippen LogP contribution in [0.3, 0.4) is 0 Å². The van der Waals surface area contributed by atoms with E-state index in [1.165, 1.54) is 0 Å². The number of amides is 2. The van der Waals surface area contributed by atoms with Crippen molar-refractivity contribution >= 4 is 11.8 Å². The van der Waals surface area contributed by atoms with Gasteiger partial charge in [0.1, 0.15) is 6.10 Å². The van der Waals surface area contributed by atoms with Crippen LogP contribution in [-0.2, 0) is 9.59 Å². The normalized spacial score (nSPS) is 23.8. The molecule has 1 unspecified atom stereocenters. The van der Waals surface area contributed by atoms with E-state index >= 15 is 0 Å². The van der Waals surface area contributed by atoms with Gasteiger partial charge in [-0.1, -0.05) is 20.8 Å². The zero-order chi connectivity index (χ0) is 10.2. The van der Waals surface area contributed by atoms with Crippen LogP contribution in [0.4, 0.5) is 0 Å². The summed E-state index contributed by atoms with van der Waals surface area (Å²) in [5, 5.41) is 9.14. The van der Waals surface area contributed by atoms with Gasteiger partial charge in [-0.2, -0.15) is 0 Å². The Morgan fingerprint density at radius 2 is 2.08 bits per heavy atom. The molecule has 0 aromatic rings. The molecule has 4 nitrogen and oxygen atoms in total. The van der Waals surface area contributed by atoms with Gasteiger partial charge in [0.25, 0.3) is 5.91 Å². The third-order valence-corrected chi connectivity index (χ3v) is 2.06. The summed E-state index contributed by atoms with van der Waals surface area (Å²) in [5.74, 6) is -0.672. The Balaban J connectivity index is 2.75. The lowest BCUT2D eigenvalue weighted by atomic mass is 9.95. The second-order valence-electron chi connectivity index (χ2n) is 4.35. The van der Waals surface area contributed by atoms with E-state index in [4.69, 9.17) is 5.11 Å². The van der Waals surface area contributed by atoms with Crippen LogP contribution in [0.5, 0.6) is 0 Å². The van der Waals surface area contributed by atoms with E-state index in [9.17, 15) is 9.59 Å². The maximum atomic E-state index is 11.6. The largest absolute Gasteiger partial charge is 0.383 e. The maximum absolute atomic E-state index is 11.6. The number of hydrogen-bond acceptors (Lipinski definition) is 3. The summed E-state index contributed by atoms with van der Waals surface area (Å²) in [4.78, 5) is 24.0. The van der Waals surface area contributed by atoms with Crippen LogP contribution < -0.4 is 0 Å². The van der Waals surface area contributed by atoms with Gasteiger partial charge in [0.2, 0.25) is 5.91 Å². The highest BCUT2D eigenvalue weighted by atomic mass is 16.3. The molecule has 1 aliphatic heterocycles. The van der Waals surface area contributed by atoms with E-state index in [-0.39, 0.29) is 5.91 Å². The smallest absolute Gasteiger partial charge is 0.258 e. The Labute approximate surface area is 77.5 Å². The molecule has 74 valence electrons. The average molecular weight is 185 g/mol. The third-order valence-electron chi connectivity index (χ3n) is 2.06. The fraction of sp³-hybridized carbons (Fsp3) is 0.778.